The summed E-state index contributed by atoms with van der Waals surface area (Å²) in [6.07, 6.45) is 9.36. The fourth-order valence-corrected chi connectivity index (χ4v) is 2.44. The highest BCUT2D eigenvalue weighted by Gasteiger charge is 2.17. The van der Waals surface area contributed by atoms with Crippen molar-refractivity contribution in [2.45, 2.75) is 45.2 Å². The van der Waals surface area contributed by atoms with Gasteiger partial charge in [-0.05, 0) is 24.8 Å². The quantitative estimate of drug-likeness (QED) is 0.819. The van der Waals surface area contributed by atoms with Gasteiger partial charge in [-0.15, -0.1) is 0 Å². The third-order valence-corrected chi connectivity index (χ3v) is 3.27. The van der Waals surface area contributed by atoms with Crippen molar-refractivity contribution in [1.29, 1.82) is 0 Å². The molecule has 0 bridgehead atoms. The molecule has 3 heteroatoms. The average molecular weight is 207 g/mol. The Morgan fingerprint density at radius 1 is 1.47 bits per heavy atom. The Hall–Kier alpha value is -0.830. The highest BCUT2D eigenvalue weighted by Crippen LogP contribution is 2.23. The van der Waals surface area contributed by atoms with E-state index in [1.54, 1.807) is 0 Å². The topological polar surface area (TPSA) is 29.9 Å². The highest BCUT2D eigenvalue weighted by atomic mass is 15.3. The second kappa shape index (κ2) is 5.31. The van der Waals surface area contributed by atoms with Gasteiger partial charge in [0, 0.05) is 25.0 Å². The predicted molar refractivity (Wildman–Crippen MR) is 61.6 cm³/mol. The van der Waals surface area contributed by atoms with Gasteiger partial charge >= 0.3 is 0 Å². The molecule has 1 aliphatic carbocycles. The zero-order valence-electron chi connectivity index (χ0n) is 9.52. The van der Waals surface area contributed by atoms with Gasteiger partial charge < -0.3 is 5.32 Å². The fourth-order valence-electron chi connectivity index (χ4n) is 2.44. The molecule has 2 rings (SSSR count). The van der Waals surface area contributed by atoms with Crippen LogP contribution in [0.25, 0.3) is 0 Å². The lowest BCUT2D eigenvalue weighted by atomic mass is 9.87. The lowest BCUT2D eigenvalue weighted by Gasteiger charge is -2.27. The third kappa shape index (κ3) is 3.34. The molecule has 1 aromatic rings. The first-order chi connectivity index (χ1) is 7.34. The minimum Gasteiger partial charge on any atom is -0.312 e. The number of nitrogens with zero attached hydrogens (tertiary/aromatic N) is 2. The van der Waals surface area contributed by atoms with Crippen LogP contribution < -0.4 is 5.32 Å². The van der Waals surface area contributed by atoms with Crippen LogP contribution in [-0.2, 0) is 6.54 Å². The van der Waals surface area contributed by atoms with E-state index in [9.17, 15) is 0 Å². The van der Waals surface area contributed by atoms with E-state index in [0.717, 1.165) is 25.0 Å². The van der Waals surface area contributed by atoms with Crippen LogP contribution in [0.3, 0.4) is 0 Å². The first kappa shape index (κ1) is 10.7. The van der Waals surface area contributed by atoms with Crippen molar-refractivity contribution in [1.82, 2.24) is 15.1 Å². The largest absolute Gasteiger partial charge is 0.312 e. The molecule has 1 heterocycles. The Morgan fingerprint density at radius 3 is 3.13 bits per heavy atom. The molecular weight excluding hydrogens is 186 g/mol. The smallest absolute Gasteiger partial charge is 0.0534 e. The summed E-state index contributed by atoms with van der Waals surface area (Å²) < 4.78 is 1.99. The number of hydrogen-bond donors (Lipinski definition) is 1. The van der Waals surface area contributed by atoms with Crippen molar-refractivity contribution in [2.24, 2.45) is 5.92 Å². The van der Waals surface area contributed by atoms with Crippen LogP contribution in [0.5, 0.6) is 0 Å². The molecule has 2 atom stereocenters. The van der Waals surface area contributed by atoms with E-state index in [1.807, 2.05) is 23.1 Å². The number of aromatic nitrogens is 2. The van der Waals surface area contributed by atoms with Gasteiger partial charge in [0.15, 0.2) is 0 Å². The minimum absolute atomic E-state index is 0.740. The average Bonchev–Trinajstić information content (AvgIpc) is 2.71. The molecule has 0 amide bonds. The van der Waals surface area contributed by atoms with E-state index in [-0.39, 0.29) is 0 Å². The maximum Gasteiger partial charge on any atom is 0.0534 e. The normalized spacial score (nSPS) is 26.7. The van der Waals surface area contributed by atoms with Crippen LogP contribution in [0.1, 0.15) is 32.6 Å². The molecule has 1 aromatic heterocycles. The van der Waals surface area contributed by atoms with E-state index in [2.05, 4.69) is 17.3 Å². The Morgan fingerprint density at radius 2 is 2.40 bits per heavy atom. The molecule has 1 aliphatic rings. The van der Waals surface area contributed by atoms with Crippen molar-refractivity contribution < 1.29 is 0 Å². The summed E-state index contributed by atoms with van der Waals surface area (Å²) in [7, 11) is 0. The van der Waals surface area contributed by atoms with Crippen LogP contribution in [0.2, 0.25) is 0 Å². The molecule has 0 radical (unpaired) electrons. The van der Waals surface area contributed by atoms with E-state index >= 15 is 0 Å². The Balaban J connectivity index is 1.65. The van der Waals surface area contributed by atoms with Gasteiger partial charge in [-0.1, -0.05) is 19.8 Å². The maximum absolute atomic E-state index is 4.19. The zero-order chi connectivity index (χ0) is 10.5. The second-order valence-corrected chi connectivity index (χ2v) is 4.69. The molecule has 2 unspecified atom stereocenters. The van der Waals surface area contributed by atoms with Crippen molar-refractivity contribution in [2.75, 3.05) is 6.54 Å². The highest BCUT2D eigenvalue weighted by molar-refractivity contribution is 4.79. The molecular formula is C12H21N3. The van der Waals surface area contributed by atoms with Gasteiger partial charge in [0.2, 0.25) is 0 Å². The standard InChI is InChI=1S/C12H21N3/c1-11-4-2-5-12(10-11)13-7-9-15-8-3-6-14-15/h3,6,8,11-13H,2,4-5,7,9-10H2,1H3. The second-order valence-electron chi connectivity index (χ2n) is 4.69. The molecule has 15 heavy (non-hydrogen) atoms. The zero-order valence-corrected chi connectivity index (χ0v) is 9.52. The molecule has 0 spiro atoms. The Labute approximate surface area is 91.9 Å². The third-order valence-electron chi connectivity index (χ3n) is 3.27. The molecule has 1 N–H and O–H groups in total. The van der Waals surface area contributed by atoms with E-state index in [4.69, 9.17) is 0 Å². The summed E-state index contributed by atoms with van der Waals surface area (Å²) in [4.78, 5) is 0. The minimum atomic E-state index is 0.740. The molecule has 0 aromatic carbocycles. The van der Waals surface area contributed by atoms with E-state index in [0.29, 0.717) is 0 Å². The Bertz CT molecular complexity index is 268. The summed E-state index contributed by atoms with van der Waals surface area (Å²) in [6, 6.07) is 2.71. The fraction of sp³-hybridized carbons (Fsp3) is 0.750. The van der Waals surface area contributed by atoms with Crippen molar-refractivity contribution in [3.8, 4) is 0 Å². The van der Waals surface area contributed by atoms with Gasteiger partial charge in [0.05, 0.1) is 6.54 Å². The molecule has 0 aliphatic heterocycles. The van der Waals surface area contributed by atoms with Crippen LogP contribution in [0.4, 0.5) is 0 Å². The maximum atomic E-state index is 4.19. The molecule has 1 fully saturated rings. The summed E-state index contributed by atoms with van der Waals surface area (Å²) in [5.41, 5.74) is 0. The first-order valence-electron chi connectivity index (χ1n) is 6.05. The van der Waals surface area contributed by atoms with Crippen LogP contribution >= 0.6 is 0 Å². The van der Waals surface area contributed by atoms with Crippen molar-refractivity contribution >= 4 is 0 Å². The lowest BCUT2D eigenvalue weighted by Crippen LogP contribution is -2.35. The summed E-state index contributed by atoms with van der Waals surface area (Å²) in [6.45, 7) is 4.39. The van der Waals surface area contributed by atoms with E-state index in [1.165, 1.54) is 25.7 Å². The summed E-state index contributed by atoms with van der Waals surface area (Å²) >= 11 is 0. The van der Waals surface area contributed by atoms with Gasteiger partial charge in [0.1, 0.15) is 0 Å². The monoisotopic (exact) mass is 207 g/mol. The van der Waals surface area contributed by atoms with Gasteiger partial charge in [-0.2, -0.15) is 5.10 Å². The molecule has 3 nitrogen and oxygen atoms in total. The van der Waals surface area contributed by atoms with Crippen molar-refractivity contribution in [3.05, 3.63) is 18.5 Å². The summed E-state index contributed by atoms with van der Waals surface area (Å²) in [5, 5.41) is 7.82. The number of hydrogen-bond acceptors (Lipinski definition) is 2. The van der Waals surface area contributed by atoms with Crippen LogP contribution in [0.15, 0.2) is 18.5 Å². The van der Waals surface area contributed by atoms with Crippen LogP contribution in [-0.4, -0.2) is 22.4 Å². The van der Waals surface area contributed by atoms with Crippen LogP contribution in [0, 0.1) is 5.92 Å². The SMILES string of the molecule is CC1CCCC(NCCn2cccn2)C1. The Kier molecular flexibility index (Phi) is 3.78. The van der Waals surface area contributed by atoms with Gasteiger partial charge in [-0.25, -0.2) is 0 Å². The predicted octanol–water partition coefficient (Wildman–Crippen LogP) is 2.05. The lowest BCUT2D eigenvalue weighted by molar-refractivity contribution is 0.298. The van der Waals surface area contributed by atoms with E-state index < -0.39 is 0 Å². The molecule has 84 valence electrons. The molecule has 1 saturated carbocycles. The summed E-state index contributed by atoms with van der Waals surface area (Å²) in [5.74, 6) is 0.904. The number of nitrogens with one attached hydrogen (secondary N) is 1. The first-order valence-corrected chi connectivity index (χ1v) is 6.05. The molecule has 0 saturated heterocycles. The van der Waals surface area contributed by atoms with Gasteiger partial charge in [-0.3, -0.25) is 4.68 Å². The van der Waals surface area contributed by atoms with Gasteiger partial charge in [0.25, 0.3) is 0 Å². The number of rotatable bonds is 4. The van der Waals surface area contributed by atoms with Crippen molar-refractivity contribution in [3.63, 3.8) is 0 Å².